The van der Waals surface area contributed by atoms with Gasteiger partial charge >= 0.3 is 0 Å². The maximum atomic E-state index is 12.6. The van der Waals surface area contributed by atoms with Crippen molar-refractivity contribution in [2.75, 3.05) is 12.4 Å². The Labute approximate surface area is 143 Å². The molecule has 0 aliphatic carbocycles. The fraction of sp³-hybridized carbons (Fsp3) is 0.176. The van der Waals surface area contributed by atoms with Crippen molar-refractivity contribution in [3.63, 3.8) is 0 Å². The topological polar surface area (TPSA) is 102 Å². The van der Waals surface area contributed by atoms with Gasteiger partial charge in [-0.25, -0.2) is 9.78 Å². The van der Waals surface area contributed by atoms with Gasteiger partial charge in [-0.1, -0.05) is 18.2 Å². The lowest BCUT2D eigenvalue weighted by molar-refractivity contribution is 0.102. The number of benzene rings is 1. The molecule has 3 aromatic rings. The molecule has 0 bridgehead atoms. The summed E-state index contributed by atoms with van der Waals surface area (Å²) in [5.41, 5.74) is 2.29. The number of hydrogen-bond donors (Lipinski definition) is 2. The number of nitrogens with zero attached hydrogens (tertiary/aromatic N) is 3. The summed E-state index contributed by atoms with van der Waals surface area (Å²) in [7, 11) is 1.60. The highest BCUT2D eigenvalue weighted by atomic mass is 16.5. The second-order valence-electron chi connectivity index (χ2n) is 5.38. The summed E-state index contributed by atoms with van der Waals surface area (Å²) in [6.07, 6.45) is 1.47. The number of para-hydroxylation sites is 1. The smallest absolute Gasteiger partial charge is 0.264 e. The zero-order valence-corrected chi connectivity index (χ0v) is 13.8. The van der Waals surface area contributed by atoms with Gasteiger partial charge in [-0.15, -0.1) is 0 Å². The maximum Gasteiger partial charge on any atom is 0.264 e. The molecular formula is C17H17N5O3. The van der Waals surface area contributed by atoms with E-state index in [4.69, 9.17) is 4.74 Å². The van der Waals surface area contributed by atoms with Crippen LogP contribution in [0, 0.1) is 6.92 Å². The van der Waals surface area contributed by atoms with Gasteiger partial charge in [0.15, 0.2) is 5.82 Å². The minimum absolute atomic E-state index is 0.281. The highest BCUT2D eigenvalue weighted by molar-refractivity contribution is 6.05. The molecule has 128 valence electrons. The molecule has 0 unspecified atom stereocenters. The molecule has 8 nitrogen and oxygen atoms in total. The molecule has 0 saturated heterocycles. The molecule has 25 heavy (non-hydrogen) atoms. The van der Waals surface area contributed by atoms with Gasteiger partial charge < -0.3 is 10.1 Å². The SMILES string of the molecule is COCc1ccccc1NC(=O)c1cnn(-c2ccc(=O)[nH]n2)c1C. The summed E-state index contributed by atoms with van der Waals surface area (Å²) in [6.45, 7) is 2.16. The average Bonchev–Trinajstić information content (AvgIpc) is 2.99. The van der Waals surface area contributed by atoms with E-state index >= 15 is 0 Å². The van der Waals surface area contributed by atoms with E-state index in [1.54, 1.807) is 14.0 Å². The molecule has 1 aromatic carbocycles. The zero-order valence-electron chi connectivity index (χ0n) is 13.8. The van der Waals surface area contributed by atoms with Crippen LogP contribution in [0.2, 0.25) is 0 Å². The predicted molar refractivity (Wildman–Crippen MR) is 91.8 cm³/mol. The van der Waals surface area contributed by atoms with Gasteiger partial charge in [0.05, 0.1) is 24.1 Å². The predicted octanol–water partition coefficient (Wildman–Crippen LogP) is 1.66. The number of ether oxygens (including phenoxy) is 1. The summed E-state index contributed by atoms with van der Waals surface area (Å²) in [5.74, 6) is 0.146. The highest BCUT2D eigenvalue weighted by Gasteiger charge is 2.17. The van der Waals surface area contributed by atoms with E-state index < -0.39 is 0 Å². The van der Waals surface area contributed by atoms with Gasteiger partial charge in [-0.05, 0) is 19.1 Å². The fourth-order valence-electron chi connectivity index (χ4n) is 2.43. The van der Waals surface area contributed by atoms with Crippen molar-refractivity contribution in [3.05, 3.63) is 69.8 Å². The van der Waals surface area contributed by atoms with Crippen LogP contribution in [0.1, 0.15) is 21.6 Å². The Morgan fingerprint density at radius 2 is 2.08 bits per heavy atom. The van der Waals surface area contributed by atoms with Crippen LogP contribution in [0.15, 0.2) is 47.4 Å². The Bertz CT molecular complexity index is 940. The minimum atomic E-state index is -0.304. The number of rotatable bonds is 5. The molecule has 0 spiro atoms. The van der Waals surface area contributed by atoms with E-state index in [1.165, 1.54) is 23.0 Å². The molecule has 0 radical (unpaired) electrons. The zero-order chi connectivity index (χ0) is 17.8. The molecule has 0 atom stereocenters. The van der Waals surface area contributed by atoms with Crippen LogP contribution in [-0.4, -0.2) is 33.0 Å². The first-order valence-corrected chi connectivity index (χ1v) is 7.59. The summed E-state index contributed by atoms with van der Waals surface area (Å²) in [6, 6.07) is 10.3. The molecule has 0 fully saturated rings. The third-order valence-corrected chi connectivity index (χ3v) is 3.70. The minimum Gasteiger partial charge on any atom is -0.380 e. The number of methoxy groups -OCH3 is 1. The third-order valence-electron chi connectivity index (χ3n) is 3.70. The molecule has 0 saturated carbocycles. The van der Waals surface area contributed by atoms with Crippen LogP contribution < -0.4 is 10.9 Å². The Morgan fingerprint density at radius 1 is 1.28 bits per heavy atom. The molecule has 0 aliphatic rings. The Hall–Kier alpha value is -3.26. The van der Waals surface area contributed by atoms with Crippen molar-refractivity contribution in [1.82, 2.24) is 20.0 Å². The van der Waals surface area contributed by atoms with Gasteiger partial charge in [0, 0.05) is 24.4 Å². The normalized spacial score (nSPS) is 10.6. The Morgan fingerprint density at radius 3 is 2.80 bits per heavy atom. The lowest BCUT2D eigenvalue weighted by Crippen LogP contribution is -2.15. The number of carbonyl (C=O) groups excluding carboxylic acids is 1. The van der Waals surface area contributed by atoms with Crippen molar-refractivity contribution >= 4 is 11.6 Å². The van der Waals surface area contributed by atoms with Crippen LogP contribution in [-0.2, 0) is 11.3 Å². The van der Waals surface area contributed by atoms with Crippen molar-refractivity contribution in [1.29, 1.82) is 0 Å². The number of aromatic amines is 1. The first-order chi connectivity index (χ1) is 12.1. The third kappa shape index (κ3) is 3.48. The first kappa shape index (κ1) is 16.6. The summed E-state index contributed by atoms with van der Waals surface area (Å²) in [5, 5.41) is 13.3. The molecule has 8 heteroatoms. The molecule has 3 rings (SSSR count). The second kappa shape index (κ2) is 7.10. The largest absolute Gasteiger partial charge is 0.380 e. The monoisotopic (exact) mass is 339 g/mol. The van der Waals surface area contributed by atoms with E-state index in [1.807, 2.05) is 24.3 Å². The van der Waals surface area contributed by atoms with Crippen LogP contribution >= 0.6 is 0 Å². The van der Waals surface area contributed by atoms with Gasteiger partial charge in [-0.2, -0.15) is 10.2 Å². The molecular weight excluding hydrogens is 322 g/mol. The van der Waals surface area contributed by atoms with Crippen molar-refractivity contribution < 1.29 is 9.53 Å². The number of amides is 1. The number of H-pyrrole nitrogens is 1. The fourth-order valence-corrected chi connectivity index (χ4v) is 2.43. The lowest BCUT2D eigenvalue weighted by Gasteiger charge is -2.10. The van der Waals surface area contributed by atoms with Crippen molar-refractivity contribution in [3.8, 4) is 5.82 Å². The number of nitrogens with one attached hydrogen (secondary N) is 2. The highest BCUT2D eigenvalue weighted by Crippen LogP contribution is 2.18. The van der Waals surface area contributed by atoms with Crippen molar-refractivity contribution in [2.45, 2.75) is 13.5 Å². The van der Waals surface area contributed by atoms with Gasteiger partial charge in [-0.3, -0.25) is 9.59 Å². The van der Waals surface area contributed by atoms with E-state index in [2.05, 4.69) is 20.6 Å². The molecule has 2 aromatic heterocycles. The first-order valence-electron chi connectivity index (χ1n) is 7.59. The van der Waals surface area contributed by atoms with Crippen molar-refractivity contribution in [2.24, 2.45) is 0 Å². The average molecular weight is 339 g/mol. The van der Waals surface area contributed by atoms with Gasteiger partial charge in [0.25, 0.3) is 11.5 Å². The standard InChI is InChI=1S/C17H17N5O3/c1-11-13(9-18-22(11)15-7-8-16(23)21-20-15)17(24)19-14-6-4-3-5-12(14)10-25-2/h3-9H,10H2,1-2H3,(H,19,24)(H,21,23). The number of anilines is 1. The van der Waals surface area contributed by atoms with Crippen LogP contribution in [0.5, 0.6) is 0 Å². The van der Waals surface area contributed by atoms with E-state index in [-0.39, 0.29) is 11.5 Å². The van der Waals surface area contributed by atoms with E-state index in [9.17, 15) is 9.59 Å². The number of carbonyl (C=O) groups is 1. The second-order valence-corrected chi connectivity index (χ2v) is 5.38. The number of hydrogen-bond acceptors (Lipinski definition) is 5. The molecule has 0 aliphatic heterocycles. The van der Waals surface area contributed by atoms with Crippen LogP contribution in [0.25, 0.3) is 5.82 Å². The van der Waals surface area contributed by atoms with Crippen LogP contribution in [0.4, 0.5) is 5.69 Å². The molecule has 2 N–H and O–H groups in total. The van der Waals surface area contributed by atoms with Gasteiger partial charge in [0.2, 0.25) is 0 Å². The molecule has 2 heterocycles. The van der Waals surface area contributed by atoms with Crippen LogP contribution in [0.3, 0.4) is 0 Å². The maximum absolute atomic E-state index is 12.6. The van der Waals surface area contributed by atoms with E-state index in [0.717, 1.165) is 5.56 Å². The van der Waals surface area contributed by atoms with Gasteiger partial charge in [0.1, 0.15) is 0 Å². The molecule has 1 amide bonds. The lowest BCUT2D eigenvalue weighted by atomic mass is 10.1. The summed E-state index contributed by atoms with van der Waals surface area (Å²) < 4.78 is 6.64. The summed E-state index contributed by atoms with van der Waals surface area (Å²) >= 11 is 0. The quantitative estimate of drug-likeness (QED) is 0.736. The Balaban J connectivity index is 1.87. The van der Waals surface area contributed by atoms with E-state index in [0.29, 0.717) is 29.4 Å². The number of aromatic nitrogens is 4. The summed E-state index contributed by atoms with van der Waals surface area (Å²) in [4.78, 5) is 23.7. The Kier molecular flexibility index (Phi) is 4.71.